The first-order valence-corrected chi connectivity index (χ1v) is 10.5. The van der Waals surface area contributed by atoms with Crippen molar-refractivity contribution in [3.05, 3.63) is 59.8 Å². The lowest BCUT2D eigenvalue weighted by molar-refractivity contribution is 0.208. The molecule has 0 unspecified atom stereocenters. The highest BCUT2D eigenvalue weighted by atomic mass is 16.5. The summed E-state index contributed by atoms with van der Waals surface area (Å²) >= 11 is 0. The van der Waals surface area contributed by atoms with Gasteiger partial charge in [0.1, 0.15) is 11.6 Å². The molecular weight excluding hydrogens is 406 g/mol. The number of carbonyl (C=O) groups is 1. The van der Waals surface area contributed by atoms with Crippen LogP contribution < -0.4 is 20.3 Å². The SMILES string of the molecule is COc1ccc(C)cc1NC(=O)N1CCN(c2ccc(Nc3cccc(C)n3)nn2)CC1. The van der Waals surface area contributed by atoms with Crippen LogP contribution in [-0.4, -0.2) is 59.4 Å². The summed E-state index contributed by atoms with van der Waals surface area (Å²) in [7, 11) is 1.60. The van der Waals surface area contributed by atoms with Crippen LogP contribution in [0.15, 0.2) is 48.5 Å². The maximum Gasteiger partial charge on any atom is 0.322 e. The molecule has 32 heavy (non-hydrogen) atoms. The molecule has 0 spiro atoms. The Morgan fingerprint density at radius 1 is 0.969 bits per heavy atom. The van der Waals surface area contributed by atoms with Gasteiger partial charge in [0.25, 0.3) is 0 Å². The highest BCUT2D eigenvalue weighted by Gasteiger charge is 2.23. The number of aryl methyl sites for hydroxylation is 2. The van der Waals surface area contributed by atoms with Crippen molar-refractivity contribution in [3.8, 4) is 5.75 Å². The summed E-state index contributed by atoms with van der Waals surface area (Å²) < 4.78 is 5.35. The van der Waals surface area contributed by atoms with Gasteiger partial charge in [0.2, 0.25) is 0 Å². The van der Waals surface area contributed by atoms with Crippen molar-refractivity contribution in [1.29, 1.82) is 0 Å². The molecule has 1 aliphatic rings. The Bertz CT molecular complexity index is 1080. The number of benzene rings is 1. The van der Waals surface area contributed by atoms with Crippen LogP contribution in [0.25, 0.3) is 0 Å². The smallest absolute Gasteiger partial charge is 0.322 e. The first-order valence-electron chi connectivity index (χ1n) is 10.5. The number of nitrogens with zero attached hydrogens (tertiary/aromatic N) is 5. The van der Waals surface area contributed by atoms with Crippen LogP contribution in [0.4, 0.5) is 27.9 Å². The van der Waals surface area contributed by atoms with E-state index in [1.54, 1.807) is 12.0 Å². The summed E-state index contributed by atoms with van der Waals surface area (Å²) in [6, 6.07) is 15.2. The van der Waals surface area contributed by atoms with Crippen molar-refractivity contribution in [2.45, 2.75) is 13.8 Å². The third kappa shape index (κ3) is 5.05. The Hall–Kier alpha value is -3.88. The van der Waals surface area contributed by atoms with Gasteiger partial charge in [-0.2, -0.15) is 0 Å². The number of aromatic nitrogens is 3. The van der Waals surface area contributed by atoms with E-state index in [2.05, 4.69) is 30.7 Å². The van der Waals surface area contributed by atoms with Gasteiger partial charge < -0.3 is 25.2 Å². The lowest BCUT2D eigenvalue weighted by atomic mass is 10.2. The van der Waals surface area contributed by atoms with E-state index < -0.39 is 0 Å². The van der Waals surface area contributed by atoms with Gasteiger partial charge in [0.05, 0.1) is 12.8 Å². The molecule has 2 amide bonds. The number of methoxy groups -OCH3 is 1. The molecule has 9 heteroatoms. The maximum atomic E-state index is 12.7. The van der Waals surface area contributed by atoms with E-state index in [4.69, 9.17) is 4.74 Å². The van der Waals surface area contributed by atoms with Crippen molar-refractivity contribution < 1.29 is 9.53 Å². The van der Waals surface area contributed by atoms with E-state index in [1.165, 1.54) is 0 Å². The number of hydrogen-bond donors (Lipinski definition) is 2. The Kier molecular flexibility index (Phi) is 6.34. The molecule has 4 rings (SSSR count). The largest absolute Gasteiger partial charge is 0.495 e. The monoisotopic (exact) mass is 433 g/mol. The minimum Gasteiger partial charge on any atom is -0.495 e. The van der Waals surface area contributed by atoms with E-state index in [9.17, 15) is 4.79 Å². The van der Waals surface area contributed by atoms with Gasteiger partial charge in [0, 0.05) is 31.9 Å². The first-order chi connectivity index (χ1) is 15.5. The van der Waals surface area contributed by atoms with Crippen LogP contribution in [0.1, 0.15) is 11.3 Å². The standard InChI is InChI=1S/C23H27N7O2/c1-16-7-8-19(32-3)18(15-16)25-23(31)30-13-11-29(12-14-30)22-10-9-21(27-28-22)26-20-6-4-5-17(2)24-20/h4-10,15H,11-14H2,1-3H3,(H,25,31)(H,24,26,27). The van der Waals surface area contributed by atoms with Crippen LogP contribution in [0.3, 0.4) is 0 Å². The predicted molar refractivity (Wildman–Crippen MR) is 125 cm³/mol. The van der Waals surface area contributed by atoms with Gasteiger partial charge >= 0.3 is 6.03 Å². The van der Waals surface area contributed by atoms with E-state index in [1.807, 2.05) is 62.4 Å². The predicted octanol–water partition coefficient (Wildman–Crippen LogP) is 3.59. The molecule has 2 aromatic heterocycles. The molecule has 0 radical (unpaired) electrons. The molecule has 0 aliphatic carbocycles. The summed E-state index contributed by atoms with van der Waals surface area (Å²) in [5.74, 6) is 2.80. The number of urea groups is 1. The fraction of sp³-hybridized carbons (Fsp3) is 0.304. The number of nitrogens with one attached hydrogen (secondary N) is 2. The normalized spacial score (nSPS) is 13.6. The summed E-state index contributed by atoms with van der Waals surface area (Å²) in [6.07, 6.45) is 0. The molecule has 2 N–H and O–H groups in total. The lowest BCUT2D eigenvalue weighted by Crippen LogP contribution is -2.50. The van der Waals surface area contributed by atoms with Gasteiger partial charge in [-0.25, -0.2) is 9.78 Å². The fourth-order valence-electron chi connectivity index (χ4n) is 3.56. The van der Waals surface area contributed by atoms with E-state index in [0.29, 0.717) is 43.4 Å². The van der Waals surface area contributed by atoms with Gasteiger partial charge in [0.15, 0.2) is 11.6 Å². The van der Waals surface area contributed by atoms with E-state index in [0.717, 1.165) is 22.9 Å². The number of pyridine rings is 1. The zero-order valence-electron chi connectivity index (χ0n) is 18.5. The maximum absolute atomic E-state index is 12.7. The molecule has 3 heterocycles. The van der Waals surface area contributed by atoms with E-state index in [-0.39, 0.29) is 6.03 Å². The van der Waals surface area contributed by atoms with Crippen molar-refractivity contribution in [2.24, 2.45) is 0 Å². The number of piperazine rings is 1. The van der Waals surface area contributed by atoms with Crippen LogP contribution in [0.2, 0.25) is 0 Å². The molecule has 1 aliphatic heterocycles. The number of rotatable bonds is 5. The minimum atomic E-state index is -0.134. The Balaban J connectivity index is 1.32. The average Bonchev–Trinajstić information content (AvgIpc) is 2.80. The van der Waals surface area contributed by atoms with Crippen molar-refractivity contribution in [1.82, 2.24) is 20.1 Å². The second-order valence-electron chi connectivity index (χ2n) is 7.67. The van der Waals surface area contributed by atoms with Gasteiger partial charge in [-0.3, -0.25) is 0 Å². The summed E-state index contributed by atoms with van der Waals surface area (Å²) in [5, 5.41) is 14.7. The molecule has 3 aromatic rings. The topological polar surface area (TPSA) is 95.5 Å². The third-order valence-corrected chi connectivity index (χ3v) is 5.28. The molecule has 1 fully saturated rings. The lowest BCUT2D eigenvalue weighted by Gasteiger charge is -2.35. The van der Waals surface area contributed by atoms with Crippen molar-refractivity contribution >= 4 is 29.2 Å². The summed E-state index contributed by atoms with van der Waals surface area (Å²) in [5.41, 5.74) is 2.67. The molecule has 0 atom stereocenters. The number of anilines is 4. The van der Waals surface area contributed by atoms with Crippen molar-refractivity contribution in [3.63, 3.8) is 0 Å². The molecule has 1 aromatic carbocycles. The number of amides is 2. The zero-order valence-corrected chi connectivity index (χ0v) is 18.5. The van der Waals surface area contributed by atoms with Crippen LogP contribution >= 0.6 is 0 Å². The third-order valence-electron chi connectivity index (χ3n) is 5.28. The van der Waals surface area contributed by atoms with E-state index >= 15 is 0 Å². The highest BCUT2D eigenvalue weighted by Crippen LogP contribution is 2.26. The fourth-order valence-corrected chi connectivity index (χ4v) is 3.56. The van der Waals surface area contributed by atoms with Gasteiger partial charge in [-0.15, -0.1) is 10.2 Å². The number of hydrogen-bond acceptors (Lipinski definition) is 7. The van der Waals surface area contributed by atoms with Crippen LogP contribution in [0.5, 0.6) is 5.75 Å². The molecule has 0 saturated carbocycles. The Labute approximate surface area is 187 Å². The second-order valence-corrected chi connectivity index (χ2v) is 7.67. The Morgan fingerprint density at radius 3 is 2.47 bits per heavy atom. The molecule has 1 saturated heterocycles. The zero-order chi connectivity index (χ0) is 22.5. The average molecular weight is 434 g/mol. The van der Waals surface area contributed by atoms with Gasteiger partial charge in [-0.05, 0) is 55.8 Å². The quantitative estimate of drug-likeness (QED) is 0.635. The summed E-state index contributed by atoms with van der Waals surface area (Å²) in [4.78, 5) is 21.1. The molecule has 166 valence electrons. The number of ether oxygens (including phenoxy) is 1. The van der Waals surface area contributed by atoms with Gasteiger partial charge in [-0.1, -0.05) is 12.1 Å². The number of carbonyl (C=O) groups excluding carboxylic acids is 1. The molecule has 0 bridgehead atoms. The highest BCUT2D eigenvalue weighted by molar-refractivity contribution is 5.91. The first kappa shape index (κ1) is 21.4. The molecular formula is C23H27N7O2. The second kappa shape index (κ2) is 9.51. The van der Waals surface area contributed by atoms with Crippen molar-refractivity contribution in [2.75, 3.05) is 48.8 Å². The Morgan fingerprint density at radius 2 is 1.78 bits per heavy atom. The molecule has 9 nitrogen and oxygen atoms in total. The summed E-state index contributed by atoms with van der Waals surface area (Å²) in [6.45, 7) is 6.46. The minimum absolute atomic E-state index is 0.134. The van der Waals surface area contributed by atoms with Crippen LogP contribution in [0, 0.1) is 13.8 Å². The van der Waals surface area contributed by atoms with Crippen LogP contribution in [-0.2, 0) is 0 Å².